The molecule has 0 atom stereocenters. The number of urea groups is 1. The van der Waals surface area contributed by atoms with Gasteiger partial charge in [0.05, 0.1) is 5.75 Å². The van der Waals surface area contributed by atoms with Gasteiger partial charge in [0, 0.05) is 12.4 Å². The standard InChI is InChI=1S/C19H39ClN2O3S/c1-2-3-4-5-6-7-8-9-10-11-12-13-14-15-17-21-19(23)22-26(24,25)18-16-20/h2-18H2,1H3,(H2,21,22,23). The lowest BCUT2D eigenvalue weighted by atomic mass is 10.0. The number of hydrogen-bond acceptors (Lipinski definition) is 3. The minimum atomic E-state index is -3.60. The largest absolute Gasteiger partial charge is 0.337 e. The van der Waals surface area contributed by atoms with Crippen LogP contribution in [0.3, 0.4) is 0 Å². The predicted octanol–water partition coefficient (Wildman–Crippen LogP) is 5.34. The number of amides is 2. The van der Waals surface area contributed by atoms with Crippen LogP contribution in [0.25, 0.3) is 0 Å². The van der Waals surface area contributed by atoms with Gasteiger partial charge in [0.25, 0.3) is 0 Å². The van der Waals surface area contributed by atoms with Gasteiger partial charge in [-0.3, -0.25) is 0 Å². The maximum Gasteiger partial charge on any atom is 0.328 e. The molecule has 0 heterocycles. The Bertz CT molecular complexity index is 431. The van der Waals surface area contributed by atoms with Gasteiger partial charge in [0.1, 0.15) is 0 Å². The number of nitrogens with one attached hydrogen (secondary N) is 2. The minimum absolute atomic E-state index is 0.0262. The van der Waals surface area contributed by atoms with E-state index in [1.165, 1.54) is 77.0 Å². The Morgan fingerprint density at radius 2 is 1.19 bits per heavy atom. The third-order valence-electron chi connectivity index (χ3n) is 4.41. The van der Waals surface area contributed by atoms with Gasteiger partial charge in [-0.15, -0.1) is 11.6 Å². The molecule has 2 N–H and O–H groups in total. The summed E-state index contributed by atoms with van der Waals surface area (Å²) < 4.78 is 24.6. The molecule has 7 heteroatoms. The molecular weight excluding hydrogens is 372 g/mol. The number of carbonyl (C=O) groups is 1. The van der Waals surface area contributed by atoms with Gasteiger partial charge in [-0.2, -0.15) is 0 Å². The molecule has 0 spiro atoms. The van der Waals surface area contributed by atoms with E-state index in [1.54, 1.807) is 0 Å². The summed E-state index contributed by atoms with van der Waals surface area (Å²) >= 11 is 5.36. The van der Waals surface area contributed by atoms with E-state index < -0.39 is 16.1 Å². The lowest BCUT2D eigenvalue weighted by Crippen LogP contribution is -2.41. The molecule has 0 radical (unpaired) electrons. The zero-order chi connectivity index (χ0) is 19.5. The maximum absolute atomic E-state index is 11.4. The molecule has 0 saturated heterocycles. The molecule has 0 aromatic carbocycles. The normalized spacial score (nSPS) is 11.5. The van der Waals surface area contributed by atoms with Gasteiger partial charge < -0.3 is 5.32 Å². The first kappa shape index (κ1) is 25.5. The summed E-state index contributed by atoms with van der Waals surface area (Å²) in [6.45, 7) is 2.75. The molecule has 0 aromatic heterocycles. The molecule has 5 nitrogen and oxygen atoms in total. The fourth-order valence-corrected chi connectivity index (χ4v) is 4.12. The molecular formula is C19H39ClN2O3S. The van der Waals surface area contributed by atoms with Gasteiger partial charge in [-0.05, 0) is 6.42 Å². The Morgan fingerprint density at radius 3 is 1.62 bits per heavy atom. The number of sulfonamides is 1. The van der Waals surface area contributed by atoms with Crippen molar-refractivity contribution in [3.63, 3.8) is 0 Å². The summed E-state index contributed by atoms with van der Waals surface area (Å²) in [5.74, 6) is -0.275. The molecule has 0 bridgehead atoms. The van der Waals surface area contributed by atoms with Crippen LogP contribution in [0.15, 0.2) is 0 Å². The van der Waals surface area contributed by atoms with E-state index in [9.17, 15) is 13.2 Å². The van der Waals surface area contributed by atoms with Crippen molar-refractivity contribution in [2.24, 2.45) is 0 Å². The lowest BCUT2D eigenvalue weighted by Gasteiger charge is -2.07. The van der Waals surface area contributed by atoms with E-state index in [0.29, 0.717) is 6.54 Å². The molecule has 0 saturated carbocycles. The summed E-state index contributed by atoms with van der Waals surface area (Å²) in [5, 5.41) is 2.57. The molecule has 0 aliphatic carbocycles. The first-order chi connectivity index (χ1) is 12.5. The summed E-state index contributed by atoms with van der Waals surface area (Å²) in [4.78, 5) is 11.4. The van der Waals surface area contributed by atoms with Gasteiger partial charge >= 0.3 is 6.03 Å². The number of rotatable bonds is 18. The Morgan fingerprint density at radius 1 is 0.769 bits per heavy atom. The van der Waals surface area contributed by atoms with Crippen molar-refractivity contribution in [2.75, 3.05) is 18.2 Å². The molecule has 0 aromatic rings. The first-order valence-corrected chi connectivity index (χ1v) is 12.5. The third-order valence-corrected chi connectivity index (χ3v) is 6.06. The monoisotopic (exact) mass is 410 g/mol. The van der Waals surface area contributed by atoms with Crippen LogP contribution in [-0.4, -0.2) is 32.6 Å². The van der Waals surface area contributed by atoms with Gasteiger partial charge in [-0.25, -0.2) is 17.9 Å². The fourth-order valence-electron chi connectivity index (χ4n) is 2.85. The number of halogens is 1. The van der Waals surface area contributed by atoms with Gasteiger partial charge in [0.15, 0.2) is 0 Å². The Hall–Kier alpha value is -0.490. The zero-order valence-electron chi connectivity index (χ0n) is 16.5. The third kappa shape index (κ3) is 18.3. The van der Waals surface area contributed by atoms with Gasteiger partial charge in [-0.1, -0.05) is 90.4 Å². The topological polar surface area (TPSA) is 75.3 Å². The van der Waals surface area contributed by atoms with Crippen molar-refractivity contribution in [1.82, 2.24) is 10.0 Å². The Balaban J connectivity index is 3.28. The highest BCUT2D eigenvalue weighted by Crippen LogP contribution is 2.12. The summed E-state index contributed by atoms with van der Waals surface area (Å²) in [5.41, 5.74) is 0. The SMILES string of the molecule is CCCCCCCCCCCCCCCCNC(=O)NS(=O)(=O)CCCl. The number of carbonyl (C=O) groups excluding carboxylic acids is 1. The first-order valence-electron chi connectivity index (χ1n) is 10.4. The molecule has 156 valence electrons. The number of alkyl halides is 1. The molecule has 0 fully saturated rings. The van der Waals surface area contributed by atoms with Crippen molar-refractivity contribution in [2.45, 2.75) is 96.8 Å². The van der Waals surface area contributed by atoms with Crippen LogP contribution in [0.2, 0.25) is 0 Å². The molecule has 26 heavy (non-hydrogen) atoms. The van der Waals surface area contributed by atoms with E-state index in [0.717, 1.165) is 12.8 Å². The lowest BCUT2D eigenvalue weighted by molar-refractivity contribution is 0.245. The second-order valence-corrected chi connectivity index (χ2v) is 9.18. The van der Waals surface area contributed by atoms with Crippen LogP contribution >= 0.6 is 11.6 Å². The number of unbranched alkanes of at least 4 members (excludes halogenated alkanes) is 13. The van der Waals surface area contributed by atoms with E-state index in [2.05, 4.69) is 12.2 Å². The highest BCUT2D eigenvalue weighted by molar-refractivity contribution is 7.90. The number of hydrogen-bond donors (Lipinski definition) is 2. The summed E-state index contributed by atoms with van der Waals surface area (Å²) in [6.07, 6.45) is 18.0. The highest BCUT2D eigenvalue weighted by Gasteiger charge is 2.12. The van der Waals surface area contributed by atoms with Crippen LogP contribution in [0, 0.1) is 0 Å². The molecule has 0 aliphatic heterocycles. The molecule has 0 unspecified atom stereocenters. The zero-order valence-corrected chi connectivity index (χ0v) is 18.1. The summed E-state index contributed by atoms with van der Waals surface area (Å²) in [6, 6.07) is -0.662. The molecule has 0 aliphatic rings. The van der Waals surface area contributed by atoms with Crippen molar-refractivity contribution < 1.29 is 13.2 Å². The van der Waals surface area contributed by atoms with E-state index in [1.807, 2.05) is 4.72 Å². The van der Waals surface area contributed by atoms with Crippen LogP contribution in [0.5, 0.6) is 0 Å². The van der Waals surface area contributed by atoms with Gasteiger partial charge in [0.2, 0.25) is 10.0 Å². The fraction of sp³-hybridized carbons (Fsp3) is 0.947. The summed E-state index contributed by atoms with van der Waals surface area (Å²) in [7, 11) is -3.60. The van der Waals surface area contributed by atoms with Crippen molar-refractivity contribution in [1.29, 1.82) is 0 Å². The average Bonchev–Trinajstić information content (AvgIpc) is 2.57. The van der Waals surface area contributed by atoms with Crippen LogP contribution < -0.4 is 10.0 Å². The van der Waals surface area contributed by atoms with E-state index >= 15 is 0 Å². The second kappa shape index (κ2) is 17.9. The van der Waals surface area contributed by atoms with E-state index in [-0.39, 0.29) is 11.6 Å². The Labute approximate surface area is 166 Å². The highest BCUT2D eigenvalue weighted by atomic mass is 35.5. The molecule has 2 amide bonds. The quantitative estimate of drug-likeness (QED) is 0.236. The maximum atomic E-state index is 11.4. The van der Waals surface area contributed by atoms with Crippen molar-refractivity contribution in [3.05, 3.63) is 0 Å². The minimum Gasteiger partial charge on any atom is -0.337 e. The second-order valence-electron chi connectivity index (χ2n) is 6.96. The predicted molar refractivity (Wildman–Crippen MR) is 111 cm³/mol. The average molecular weight is 411 g/mol. The molecule has 0 rings (SSSR count). The van der Waals surface area contributed by atoms with Crippen LogP contribution in [0.1, 0.15) is 96.8 Å². The smallest absolute Gasteiger partial charge is 0.328 e. The van der Waals surface area contributed by atoms with Crippen molar-refractivity contribution >= 4 is 27.7 Å². The van der Waals surface area contributed by atoms with Crippen LogP contribution in [-0.2, 0) is 10.0 Å². The van der Waals surface area contributed by atoms with Crippen LogP contribution in [0.4, 0.5) is 4.79 Å². The van der Waals surface area contributed by atoms with Crippen molar-refractivity contribution in [3.8, 4) is 0 Å². The van der Waals surface area contributed by atoms with E-state index in [4.69, 9.17) is 11.6 Å². The Kier molecular flexibility index (Phi) is 17.6.